The zero-order valence-corrected chi connectivity index (χ0v) is 12.3. The van der Waals surface area contributed by atoms with E-state index in [-0.39, 0.29) is 4.90 Å². The van der Waals surface area contributed by atoms with Crippen molar-refractivity contribution in [1.82, 2.24) is 0 Å². The maximum Gasteiger partial charge on any atom is 0.202 e. The van der Waals surface area contributed by atoms with Gasteiger partial charge in [0.05, 0.1) is 10.3 Å². The van der Waals surface area contributed by atoms with Crippen molar-refractivity contribution in [2.45, 2.75) is 4.90 Å². The highest BCUT2D eigenvalue weighted by molar-refractivity contribution is 9.10. The molecule has 0 atom stereocenters. The fourth-order valence-corrected chi connectivity index (χ4v) is 2.54. The molecule has 0 saturated carbocycles. The Bertz CT molecular complexity index is 662. The van der Waals surface area contributed by atoms with Crippen LogP contribution in [0.5, 0.6) is 5.75 Å². The number of rotatable bonds is 4. The Hall–Kier alpha value is -1.59. The number of ether oxygens (including phenoxy) is 1. The van der Waals surface area contributed by atoms with E-state index in [0.717, 1.165) is 9.88 Å². The van der Waals surface area contributed by atoms with Gasteiger partial charge in [-0.3, -0.25) is 0 Å². The van der Waals surface area contributed by atoms with Gasteiger partial charge in [0, 0.05) is 4.47 Å². The lowest BCUT2D eigenvalue weighted by Gasteiger charge is -2.00. The lowest BCUT2D eigenvalue weighted by atomic mass is 10.3. The van der Waals surface area contributed by atoms with E-state index in [1.807, 2.05) is 12.1 Å². The van der Waals surface area contributed by atoms with Crippen molar-refractivity contribution < 1.29 is 13.2 Å². The Morgan fingerprint density at radius 1 is 0.947 bits per heavy atom. The number of hydrogen-bond donors (Lipinski definition) is 0. The van der Waals surface area contributed by atoms with E-state index in [4.69, 9.17) is 4.74 Å². The Morgan fingerprint density at radius 2 is 1.58 bits per heavy atom. The van der Waals surface area contributed by atoms with Crippen LogP contribution in [-0.2, 0) is 9.84 Å². The topological polar surface area (TPSA) is 43.4 Å². The second-order valence-corrected chi connectivity index (χ2v) is 6.45. The lowest BCUT2D eigenvalue weighted by molar-refractivity contribution is 0.481. The molecule has 0 bridgehead atoms. The molecule has 2 aromatic carbocycles. The molecule has 0 saturated heterocycles. The molecular weight excluding hydrogens is 328 g/mol. The zero-order chi connectivity index (χ0) is 13.7. The van der Waals surface area contributed by atoms with Crippen molar-refractivity contribution >= 4 is 25.8 Å². The summed E-state index contributed by atoms with van der Waals surface area (Å²) in [5.41, 5.74) is 0. The van der Waals surface area contributed by atoms with Crippen LogP contribution in [0.3, 0.4) is 0 Å². The molecule has 0 aromatic heterocycles. The normalized spacial score (nSPS) is 11.6. The average Bonchev–Trinajstić information content (AvgIpc) is 2.42. The van der Waals surface area contributed by atoms with Crippen molar-refractivity contribution in [1.29, 1.82) is 0 Å². The summed E-state index contributed by atoms with van der Waals surface area (Å²) in [5.74, 6) is 0.572. The molecule has 19 heavy (non-hydrogen) atoms. The first kappa shape index (κ1) is 13.8. The molecule has 0 N–H and O–H groups in total. The minimum Gasteiger partial charge on any atom is -0.464 e. The zero-order valence-electron chi connectivity index (χ0n) is 9.86. The van der Waals surface area contributed by atoms with E-state index in [9.17, 15) is 8.42 Å². The van der Waals surface area contributed by atoms with Crippen molar-refractivity contribution in [3.8, 4) is 5.75 Å². The molecule has 0 radical (unpaired) electrons. The fraction of sp³-hybridized carbons (Fsp3) is 0. The first-order chi connectivity index (χ1) is 9.08. The molecule has 5 heteroatoms. The molecule has 0 aliphatic rings. The smallest absolute Gasteiger partial charge is 0.202 e. The molecule has 0 unspecified atom stereocenters. The fourth-order valence-electron chi connectivity index (χ4n) is 1.38. The second kappa shape index (κ2) is 6.04. The maximum atomic E-state index is 11.9. The van der Waals surface area contributed by atoms with Crippen molar-refractivity contribution in [2.24, 2.45) is 0 Å². The van der Waals surface area contributed by atoms with Crippen molar-refractivity contribution in [3.05, 3.63) is 70.7 Å². The number of sulfone groups is 1. The largest absolute Gasteiger partial charge is 0.464 e. The van der Waals surface area contributed by atoms with Crippen LogP contribution in [0.15, 0.2) is 75.6 Å². The van der Waals surface area contributed by atoms with Gasteiger partial charge in [-0.15, -0.1) is 0 Å². The van der Waals surface area contributed by atoms with Crippen LogP contribution in [-0.4, -0.2) is 8.42 Å². The van der Waals surface area contributed by atoms with Crippen LogP contribution < -0.4 is 4.74 Å². The van der Waals surface area contributed by atoms with Gasteiger partial charge in [0.15, 0.2) is 0 Å². The van der Waals surface area contributed by atoms with Crippen molar-refractivity contribution in [2.75, 3.05) is 0 Å². The minimum atomic E-state index is -3.45. The van der Waals surface area contributed by atoms with Crippen LogP contribution in [0, 0.1) is 0 Å². The Labute approximate surface area is 120 Å². The van der Waals surface area contributed by atoms with Gasteiger partial charge in [-0.05, 0) is 36.4 Å². The maximum absolute atomic E-state index is 11.9. The third-order valence-electron chi connectivity index (χ3n) is 2.32. The summed E-state index contributed by atoms with van der Waals surface area (Å²) in [6.07, 6.45) is 1.17. The summed E-state index contributed by atoms with van der Waals surface area (Å²) < 4.78 is 30.0. The Morgan fingerprint density at radius 3 is 2.21 bits per heavy atom. The molecule has 0 fully saturated rings. The number of halogens is 1. The highest BCUT2D eigenvalue weighted by atomic mass is 79.9. The Balaban J connectivity index is 2.09. The summed E-state index contributed by atoms with van der Waals surface area (Å²) in [7, 11) is -3.45. The van der Waals surface area contributed by atoms with Crippen LogP contribution >= 0.6 is 15.9 Å². The third kappa shape index (κ3) is 3.94. The highest BCUT2D eigenvalue weighted by Crippen LogP contribution is 2.17. The van der Waals surface area contributed by atoms with Gasteiger partial charge in [0.25, 0.3) is 0 Å². The van der Waals surface area contributed by atoms with Gasteiger partial charge in [0.1, 0.15) is 12.0 Å². The standard InChI is InChI=1S/C14H11BrO3S/c15-12-6-8-13(9-7-12)18-10-11-19(16,17)14-4-2-1-3-5-14/h1-11H/b11-10+. The summed E-state index contributed by atoms with van der Waals surface area (Å²) in [4.78, 5) is 0.241. The van der Waals surface area contributed by atoms with Gasteiger partial charge in [-0.2, -0.15) is 0 Å². The van der Waals surface area contributed by atoms with Gasteiger partial charge in [0.2, 0.25) is 9.84 Å². The van der Waals surface area contributed by atoms with E-state index >= 15 is 0 Å². The molecular formula is C14H11BrO3S. The summed E-state index contributed by atoms with van der Waals surface area (Å²) in [5, 5.41) is 1.05. The van der Waals surface area contributed by atoms with Gasteiger partial charge < -0.3 is 4.74 Å². The molecule has 3 nitrogen and oxygen atoms in total. The Kier molecular flexibility index (Phi) is 4.39. The monoisotopic (exact) mass is 338 g/mol. The van der Waals surface area contributed by atoms with Crippen molar-refractivity contribution in [3.63, 3.8) is 0 Å². The minimum absolute atomic E-state index is 0.241. The van der Waals surface area contributed by atoms with Crippen LogP contribution in [0.4, 0.5) is 0 Å². The first-order valence-electron chi connectivity index (χ1n) is 5.47. The first-order valence-corrected chi connectivity index (χ1v) is 7.81. The van der Waals surface area contributed by atoms with Crippen LogP contribution in [0.2, 0.25) is 0 Å². The van der Waals surface area contributed by atoms with E-state index in [0.29, 0.717) is 5.75 Å². The summed E-state index contributed by atoms with van der Waals surface area (Å²) in [6.45, 7) is 0. The molecule has 0 heterocycles. The van der Waals surface area contributed by atoms with Gasteiger partial charge in [-0.1, -0.05) is 34.1 Å². The third-order valence-corrected chi connectivity index (χ3v) is 4.25. The van der Waals surface area contributed by atoms with E-state index in [1.54, 1.807) is 42.5 Å². The number of hydrogen-bond acceptors (Lipinski definition) is 3. The van der Waals surface area contributed by atoms with Gasteiger partial charge in [-0.25, -0.2) is 8.42 Å². The van der Waals surface area contributed by atoms with E-state index in [2.05, 4.69) is 15.9 Å². The van der Waals surface area contributed by atoms with E-state index < -0.39 is 9.84 Å². The second-order valence-electron chi connectivity index (χ2n) is 3.70. The molecule has 0 aliphatic heterocycles. The molecule has 2 rings (SSSR count). The molecule has 0 aliphatic carbocycles. The van der Waals surface area contributed by atoms with Crippen LogP contribution in [0.25, 0.3) is 0 Å². The molecule has 2 aromatic rings. The predicted octanol–water partition coefficient (Wildman–Crippen LogP) is 3.77. The number of benzene rings is 2. The SMILES string of the molecule is O=S(=O)(/C=C/Oc1ccc(Br)cc1)c1ccccc1. The quantitative estimate of drug-likeness (QED) is 0.797. The molecule has 0 spiro atoms. The highest BCUT2D eigenvalue weighted by Gasteiger charge is 2.08. The molecule has 0 amide bonds. The molecule has 98 valence electrons. The lowest BCUT2D eigenvalue weighted by Crippen LogP contribution is -1.96. The van der Waals surface area contributed by atoms with E-state index in [1.165, 1.54) is 6.26 Å². The predicted molar refractivity (Wildman–Crippen MR) is 77.5 cm³/mol. The summed E-state index contributed by atoms with van der Waals surface area (Å²) >= 11 is 3.31. The van der Waals surface area contributed by atoms with Crippen LogP contribution in [0.1, 0.15) is 0 Å². The average molecular weight is 339 g/mol. The van der Waals surface area contributed by atoms with Gasteiger partial charge >= 0.3 is 0 Å². The summed E-state index contributed by atoms with van der Waals surface area (Å²) in [6, 6.07) is 15.3.